The molecule has 3 amide bonds. The summed E-state index contributed by atoms with van der Waals surface area (Å²) in [6.45, 7) is 11.1. The number of nitrogens with one attached hydrogen (secondary N) is 3. The molecule has 15 rings (SSSR count). The number of likely N-dealkylation sites (tertiary alicyclic amines) is 2. The molecule has 5 aromatic heterocycles. The zero-order chi connectivity index (χ0) is 63.4. The number of carbonyl (C=O) groups is 3. The van der Waals surface area contributed by atoms with E-state index in [-0.39, 0.29) is 66.9 Å². The lowest BCUT2D eigenvalue weighted by Gasteiger charge is -2.41. The van der Waals surface area contributed by atoms with Crippen LogP contribution in [0, 0.1) is 24.6 Å². The SMILES string of the molecule is CCn1nccc1-c1ccc([C@H](CO)NC(=O)[C@@H]2C[C@@H](O)CN2C(=O)C(C(C)C)n2cc3c(n2)c(=O)[nH]c2cc(COc4c(-c5c(C)c(F)cc6[nH]ncc56)c(C5CC5)cc5c(N6CC7=C[C@H]6CN7C(=O)C6CN(C)C6)nc(OC6CCOCC6)nc45)ccc23)cc1. The number of rotatable bonds is 18. The highest BCUT2D eigenvalue weighted by atomic mass is 19.1. The normalized spacial score (nSPS) is 20.3. The molecule has 9 aromatic rings. The molecule has 10 heterocycles. The summed E-state index contributed by atoms with van der Waals surface area (Å²) in [7, 11) is 2.02. The molecule has 1 aliphatic carbocycles. The molecule has 6 aliphatic rings. The first kappa shape index (κ1) is 59.2. The van der Waals surface area contributed by atoms with Gasteiger partial charge < -0.3 is 54.3 Å². The molecule has 4 aromatic carbocycles. The number of H-pyrrole nitrogens is 2. The van der Waals surface area contributed by atoms with Crippen molar-refractivity contribution in [1.29, 1.82) is 0 Å². The Morgan fingerprint density at radius 3 is 2.45 bits per heavy atom. The molecule has 92 heavy (non-hydrogen) atoms. The van der Waals surface area contributed by atoms with Crippen molar-refractivity contribution < 1.29 is 43.2 Å². The van der Waals surface area contributed by atoms with Gasteiger partial charge in [-0.05, 0) is 104 Å². The Kier molecular flexibility index (Phi) is 15.2. The van der Waals surface area contributed by atoms with Gasteiger partial charge in [-0.15, -0.1) is 0 Å². The van der Waals surface area contributed by atoms with Gasteiger partial charge in [-0.3, -0.25) is 33.6 Å². The van der Waals surface area contributed by atoms with Crippen molar-refractivity contribution in [3.8, 4) is 34.1 Å². The van der Waals surface area contributed by atoms with Crippen molar-refractivity contribution in [2.24, 2.45) is 11.8 Å². The number of ether oxygens (including phenoxy) is 3. The Bertz CT molecular complexity index is 4500. The third-order valence-corrected chi connectivity index (χ3v) is 19.5. The zero-order valence-corrected chi connectivity index (χ0v) is 51.9. The maximum atomic E-state index is 16.4. The molecule has 1 saturated carbocycles. The number of pyridine rings is 1. The van der Waals surface area contributed by atoms with Gasteiger partial charge >= 0.3 is 6.01 Å². The van der Waals surface area contributed by atoms with E-state index in [1.54, 1.807) is 25.5 Å². The Balaban J connectivity index is 0.760. The fourth-order valence-corrected chi connectivity index (χ4v) is 14.5. The van der Waals surface area contributed by atoms with Crippen molar-refractivity contribution in [2.75, 3.05) is 64.5 Å². The minimum atomic E-state index is -1.06. The molecular weight excluding hydrogens is 1180 g/mol. The van der Waals surface area contributed by atoms with E-state index in [0.717, 1.165) is 53.8 Å². The lowest BCUT2D eigenvalue weighted by atomic mass is 9.88. The van der Waals surface area contributed by atoms with Gasteiger partial charge in [-0.2, -0.15) is 25.3 Å². The molecule has 1 unspecified atom stereocenters. The smallest absolute Gasteiger partial charge is 0.319 e. The van der Waals surface area contributed by atoms with E-state index in [9.17, 15) is 29.4 Å². The predicted octanol–water partition coefficient (Wildman–Crippen LogP) is 7.19. The van der Waals surface area contributed by atoms with Gasteiger partial charge in [-0.1, -0.05) is 50.2 Å². The molecule has 2 bridgehead atoms. The van der Waals surface area contributed by atoms with Crippen LogP contribution < -0.4 is 25.2 Å². The maximum Gasteiger partial charge on any atom is 0.319 e. The minimum Gasteiger partial charge on any atom is -0.486 e. The van der Waals surface area contributed by atoms with Gasteiger partial charge in [0, 0.05) is 108 Å². The Morgan fingerprint density at radius 1 is 0.913 bits per heavy atom. The van der Waals surface area contributed by atoms with Crippen molar-refractivity contribution >= 4 is 67.2 Å². The van der Waals surface area contributed by atoms with Crippen LogP contribution in [0.25, 0.3) is 66.0 Å². The molecule has 0 spiro atoms. The second kappa shape index (κ2) is 23.5. The summed E-state index contributed by atoms with van der Waals surface area (Å²) < 4.78 is 39.4. The summed E-state index contributed by atoms with van der Waals surface area (Å²) in [5.41, 5.74) is 7.95. The molecular formula is C68H73FN14O9. The van der Waals surface area contributed by atoms with Gasteiger partial charge in [0.05, 0.1) is 67.9 Å². The molecule has 0 radical (unpaired) electrons. The number of hydrogen-bond acceptors (Lipinski definition) is 16. The summed E-state index contributed by atoms with van der Waals surface area (Å²) in [5, 5.41) is 43.6. The lowest BCUT2D eigenvalue weighted by Crippen LogP contribution is -2.55. The van der Waals surface area contributed by atoms with Crippen LogP contribution in [-0.2, 0) is 32.3 Å². The maximum absolute atomic E-state index is 16.4. The van der Waals surface area contributed by atoms with E-state index in [1.807, 2.05) is 85.9 Å². The zero-order valence-electron chi connectivity index (χ0n) is 51.9. The predicted molar refractivity (Wildman–Crippen MR) is 341 cm³/mol. The average Bonchev–Trinajstić information content (AvgIpc) is 1.34. The number of piperazine rings is 1. The Morgan fingerprint density at radius 2 is 1.72 bits per heavy atom. The van der Waals surface area contributed by atoms with Gasteiger partial charge in [0.2, 0.25) is 17.7 Å². The molecule has 476 valence electrons. The standard InChI is InChI=1S/C68H73FN14O9/c1-6-82-55(15-18-71-82)40-12-10-39(11-13-40)54(33-84)73-64(86)56-23-44(85)31-81(56)67(89)61(35(2)3)83-32-50-46-14-7-37(21-52(46)72-65(87)60(50)77-83)34-91-62-58(57-36(4)51(69)25-53-49(57)26-70-76-53)47(38-8-9-38)24-48-59(62)74-68(92-45-16-19-90-20-17-45)75-63(48)79-29-43-22-42(79)30-80(43)66(88)41-27-78(5)28-41/h7,10-15,18,21-22,24-26,32,35,38,41-42,44-45,54,56,61,84-85H,6,8-9,16-17,19-20,23,27-31,33-34H2,1-5H3,(H,70,76)(H,72,87)(H,73,86)/t42-,44+,54-,56-,61?/m0/s1. The van der Waals surface area contributed by atoms with Crippen molar-refractivity contribution in [3.05, 3.63) is 129 Å². The third-order valence-electron chi connectivity index (χ3n) is 19.5. The summed E-state index contributed by atoms with van der Waals surface area (Å²) >= 11 is 0. The number of benzene rings is 4. The number of halogens is 1. The highest BCUT2D eigenvalue weighted by molar-refractivity contribution is 6.07. The number of aliphatic hydroxyl groups excluding tert-OH is 2. The van der Waals surface area contributed by atoms with Crippen LogP contribution in [0.1, 0.15) is 93.1 Å². The van der Waals surface area contributed by atoms with Crippen LogP contribution in [0.15, 0.2) is 95.8 Å². The summed E-state index contributed by atoms with van der Waals surface area (Å²) in [6, 6.07) is 15.8. The van der Waals surface area contributed by atoms with E-state index in [4.69, 9.17) is 29.3 Å². The lowest BCUT2D eigenvalue weighted by molar-refractivity contribution is -0.142. The van der Waals surface area contributed by atoms with Crippen LogP contribution >= 0.6 is 0 Å². The summed E-state index contributed by atoms with van der Waals surface area (Å²) in [4.78, 5) is 78.4. The first-order valence-corrected chi connectivity index (χ1v) is 32.0. The average molecular weight is 1250 g/mol. The number of nitrogens with zero attached hydrogens (tertiary/aromatic N) is 11. The number of fused-ring (bicyclic) bond motifs is 6. The van der Waals surface area contributed by atoms with Crippen molar-refractivity contribution in [2.45, 2.75) is 115 Å². The van der Waals surface area contributed by atoms with Gasteiger partial charge in [0.15, 0.2) is 11.3 Å². The molecule has 5 atom stereocenters. The number of β-amino-alcohol motifs (C(OH)–C–C–N with tert-alkyl or cyclic N) is 1. The molecule has 24 heteroatoms. The van der Waals surface area contributed by atoms with Gasteiger partial charge in [0.25, 0.3) is 5.56 Å². The van der Waals surface area contributed by atoms with E-state index < -0.39 is 54.0 Å². The monoisotopic (exact) mass is 1250 g/mol. The number of hydrogen-bond donors (Lipinski definition) is 5. The second-order valence-electron chi connectivity index (χ2n) is 26.0. The quantitative estimate of drug-likeness (QED) is 0.0569. The highest BCUT2D eigenvalue weighted by Crippen LogP contribution is 2.54. The first-order valence-electron chi connectivity index (χ1n) is 32.0. The van der Waals surface area contributed by atoms with E-state index in [2.05, 4.69) is 47.5 Å². The first-order chi connectivity index (χ1) is 44.6. The molecule has 5 aliphatic heterocycles. The number of amides is 3. The Labute approximate surface area is 528 Å². The van der Waals surface area contributed by atoms with E-state index in [0.29, 0.717) is 118 Å². The van der Waals surface area contributed by atoms with Crippen LogP contribution in [0.3, 0.4) is 0 Å². The second-order valence-corrected chi connectivity index (χ2v) is 26.0. The van der Waals surface area contributed by atoms with E-state index in [1.165, 1.54) is 15.6 Å². The van der Waals surface area contributed by atoms with Crippen molar-refractivity contribution in [3.63, 3.8) is 0 Å². The topological polar surface area (TPSA) is 267 Å². The number of carbonyl (C=O) groups excluding carboxylic acids is 3. The molecule has 3 saturated heterocycles. The molecule has 23 nitrogen and oxygen atoms in total. The number of aromatic amines is 2. The third kappa shape index (κ3) is 10.5. The number of aryl methyl sites for hydroxylation is 1. The summed E-state index contributed by atoms with van der Waals surface area (Å²) in [5.74, 6) is -0.497. The largest absolute Gasteiger partial charge is 0.486 e. The van der Waals surface area contributed by atoms with Crippen LogP contribution in [0.5, 0.6) is 11.8 Å². The van der Waals surface area contributed by atoms with Crippen LogP contribution in [0.4, 0.5) is 10.2 Å². The number of anilines is 1. The minimum absolute atomic E-state index is 0.0136. The van der Waals surface area contributed by atoms with Crippen LogP contribution in [0.2, 0.25) is 0 Å². The molecule has 5 N–H and O–H groups in total. The fourth-order valence-electron chi connectivity index (χ4n) is 14.5. The fraction of sp³-hybridized carbons (Fsp3) is 0.426. The van der Waals surface area contributed by atoms with Gasteiger partial charge in [0.1, 0.15) is 41.9 Å². The number of aromatic nitrogens is 9. The van der Waals surface area contributed by atoms with E-state index >= 15 is 4.39 Å². The summed E-state index contributed by atoms with van der Waals surface area (Å²) in [6.07, 6.45) is 9.19. The van der Waals surface area contributed by atoms with Crippen molar-refractivity contribution in [1.82, 2.24) is 64.7 Å². The molecule has 4 fully saturated rings. The highest BCUT2D eigenvalue weighted by Gasteiger charge is 2.46. The van der Waals surface area contributed by atoms with Gasteiger partial charge in [-0.25, -0.2) is 4.39 Å². The Hall–Kier alpha value is -9.10. The van der Waals surface area contributed by atoms with Crippen LogP contribution in [-0.4, -0.2) is 171 Å². The number of aliphatic hydroxyl groups is 2.